The van der Waals surface area contributed by atoms with Crippen molar-refractivity contribution >= 4 is 21.4 Å². The van der Waals surface area contributed by atoms with Crippen LogP contribution in [0.3, 0.4) is 0 Å². The average molecular weight is 239 g/mol. The van der Waals surface area contributed by atoms with Crippen LogP contribution in [0, 0.1) is 13.8 Å². The number of benzene rings is 1. The molecule has 0 N–H and O–H groups in total. The highest BCUT2D eigenvalue weighted by molar-refractivity contribution is 7.22. The molecule has 0 bridgehead atoms. The molecule has 17 heavy (non-hydrogen) atoms. The number of nitrogens with zero attached hydrogens (tertiary/aromatic N) is 1. The van der Waals surface area contributed by atoms with E-state index in [1.165, 1.54) is 26.1 Å². The van der Waals surface area contributed by atoms with Gasteiger partial charge in [-0.05, 0) is 48.6 Å². The summed E-state index contributed by atoms with van der Waals surface area (Å²) in [5.41, 5.74) is 3.68. The van der Waals surface area contributed by atoms with Gasteiger partial charge < -0.3 is 0 Å². The van der Waals surface area contributed by atoms with E-state index in [2.05, 4.69) is 49.2 Å². The Balaban J connectivity index is 2.27. The number of rotatable bonds is 1. The Kier molecular flexibility index (Phi) is 2.45. The highest BCUT2D eigenvalue weighted by Crippen LogP contribution is 2.37. The summed E-state index contributed by atoms with van der Waals surface area (Å²) in [4.78, 5) is 5.76. The van der Waals surface area contributed by atoms with Gasteiger partial charge in [-0.25, -0.2) is 0 Å². The third-order valence-corrected chi connectivity index (χ3v) is 4.29. The Morgan fingerprint density at radius 3 is 2.65 bits per heavy atom. The summed E-state index contributed by atoms with van der Waals surface area (Å²) < 4.78 is 1.34. The van der Waals surface area contributed by atoms with E-state index in [4.69, 9.17) is 0 Å². The SMILES string of the molecule is Cc1ccnc(-c2sc3ccccc3c2C)c1. The maximum atomic E-state index is 4.48. The van der Waals surface area contributed by atoms with Gasteiger partial charge in [0.1, 0.15) is 0 Å². The van der Waals surface area contributed by atoms with Gasteiger partial charge >= 0.3 is 0 Å². The van der Waals surface area contributed by atoms with Crippen molar-refractivity contribution in [2.75, 3.05) is 0 Å². The third kappa shape index (κ3) is 1.75. The molecule has 1 aromatic carbocycles. The van der Waals surface area contributed by atoms with Crippen LogP contribution >= 0.6 is 11.3 Å². The lowest BCUT2D eigenvalue weighted by Crippen LogP contribution is -1.83. The lowest BCUT2D eigenvalue weighted by atomic mass is 10.1. The Hall–Kier alpha value is -1.67. The Labute approximate surface area is 105 Å². The zero-order chi connectivity index (χ0) is 11.8. The predicted octanol–water partition coefficient (Wildman–Crippen LogP) is 4.58. The molecule has 3 rings (SSSR count). The van der Waals surface area contributed by atoms with Gasteiger partial charge in [0.15, 0.2) is 0 Å². The molecule has 0 unspecified atom stereocenters. The van der Waals surface area contributed by atoms with Crippen LogP contribution in [0.5, 0.6) is 0 Å². The first-order chi connectivity index (χ1) is 8.25. The number of thiophene rings is 1. The summed E-state index contributed by atoms with van der Waals surface area (Å²) in [7, 11) is 0. The number of hydrogen-bond acceptors (Lipinski definition) is 2. The normalized spacial score (nSPS) is 10.9. The van der Waals surface area contributed by atoms with Crippen LogP contribution < -0.4 is 0 Å². The fraction of sp³-hybridized carbons (Fsp3) is 0.133. The predicted molar refractivity (Wildman–Crippen MR) is 74.5 cm³/mol. The second-order valence-corrected chi connectivity index (χ2v) is 5.32. The molecule has 84 valence electrons. The van der Waals surface area contributed by atoms with E-state index < -0.39 is 0 Å². The maximum absolute atomic E-state index is 4.48. The van der Waals surface area contributed by atoms with Gasteiger partial charge in [0.2, 0.25) is 0 Å². The van der Waals surface area contributed by atoms with Gasteiger partial charge in [0.05, 0.1) is 10.6 Å². The average Bonchev–Trinajstić information content (AvgIpc) is 2.68. The van der Waals surface area contributed by atoms with Crippen molar-refractivity contribution in [2.24, 2.45) is 0 Å². The number of fused-ring (bicyclic) bond motifs is 1. The molecule has 0 aliphatic heterocycles. The van der Waals surface area contributed by atoms with Gasteiger partial charge in [0.25, 0.3) is 0 Å². The van der Waals surface area contributed by atoms with Crippen molar-refractivity contribution in [3.8, 4) is 10.6 Å². The molecule has 0 saturated heterocycles. The molecule has 0 radical (unpaired) electrons. The molecule has 0 aliphatic carbocycles. The molecule has 3 aromatic rings. The Bertz CT molecular complexity index is 682. The third-order valence-electron chi connectivity index (χ3n) is 2.99. The van der Waals surface area contributed by atoms with Crippen LogP contribution in [0.4, 0.5) is 0 Å². The van der Waals surface area contributed by atoms with Gasteiger partial charge in [-0.3, -0.25) is 4.98 Å². The van der Waals surface area contributed by atoms with E-state index in [1.54, 1.807) is 0 Å². The van der Waals surface area contributed by atoms with Crippen molar-refractivity contribution in [3.05, 3.63) is 53.7 Å². The molecular weight excluding hydrogens is 226 g/mol. The first kappa shape index (κ1) is 10.5. The van der Waals surface area contributed by atoms with Gasteiger partial charge in [-0.1, -0.05) is 18.2 Å². The highest BCUT2D eigenvalue weighted by atomic mass is 32.1. The van der Waals surface area contributed by atoms with E-state index in [9.17, 15) is 0 Å². The molecule has 1 nitrogen and oxygen atoms in total. The minimum Gasteiger partial charge on any atom is -0.255 e. The van der Waals surface area contributed by atoms with Crippen LogP contribution in [-0.2, 0) is 0 Å². The molecular formula is C15H13NS. The molecule has 0 aliphatic rings. The zero-order valence-electron chi connectivity index (χ0n) is 9.90. The summed E-state index contributed by atoms with van der Waals surface area (Å²) >= 11 is 1.82. The molecule has 0 fully saturated rings. The van der Waals surface area contributed by atoms with Crippen LogP contribution in [0.15, 0.2) is 42.6 Å². The summed E-state index contributed by atoms with van der Waals surface area (Å²) in [6, 6.07) is 12.7. The fourth-order valence-electron chi connectivity index (χ4n) is 2.08. The minimum absolute atomic E-state index is 1.09. The lowest BCUT2D eigenvalue weighted by molar-refractivity contribution is 1.29. The van der Waals surface area contributed by atoms with Crippen LogP contribution in [0.1, 0.15) is 11.1 Å². The minimum atomic E-state index is 1.09. The first-order valence-electron chi connectivity index (χ1n) is 5.67. The zero-order valence-corrected chi connectivity index (χ0v) is 10.7. The number of aryl methyl sites for hydroxylation is 2. The van der Waals surface area contributed by atoms with E-state index in [-0.39, 0.29) is 0 Å². The van der Waals surface area contributed by atoms with Crippen LogP contribution in [0.2, 0.25) is 0 Å². The van der Waals surface area contributed by atoms with Crippen molar-refractivity contribution in [3.63, 3.8) is 0 Å². The molecule has 0 spiro atoms. The lowest BCUT2D eigenvalue weighted by Gasteiger charge is -2.00. The smallest absolute Gasteiger partial charge is 0.0807 e. The van der Waals surface area contributed by atoms with E-state index in [0.29, 0.717) is 0 Å². The fourth-order valence-corrected chi connectivity index (χ4v) is 3.26. The summed E-state index contributed by atoms with van der Waals surface area (Å²) in [5.74, 6) is 0. The van der Waals surface area contributed by atoms with Crippen molar-refractivity contribution in [2.45, 2.75) is 13.8 Å². The number of hydrogen-bond donors (Lipinski definition) is 0. The first-order valence-corrected chi connectivity index (χ1v) is 6.48. The number of aromatic nitrogens is 1. The molecule has 0 saturated carbocycles. The second kappa shape index (κ2) is 3.97. The van der Waals surface area contributed by atoms with Crippen LogP contribution in [-0.4, -0.2) is 4.98 Å². The quantitative estimate of drug-likeness (QED) is 0.605. The molecule has 0 atom stereocenters. The second-order valence-electron chi connectivity index (χ2n) is 4.27. The largest absolute Gasteiger partial charge is 0.255 e. The maximum Gasteiger partial charge on any atom is 0.0807 e. The highest BCUT2D eigenvalue weighted by Gasteiger charge is 2.10. The molecule has 0 amide bonds. The standard InChI is InChI=1S/C15H13NS/c1-10-7-8-16-13(9-10)15-11(2)12-5-3-4-6-14(12)17-15/h3-9H,1-2H3. The Morgan fingerprint density at radius 2 is 1.88 bits per heavy atom. The topological polar surface area (TPSA) is 12.9 Å². The Morgan fingerprint density at radius 1 is 1.06 bits per heavy atom. The molecule has 2 aromatic heterocycles. The van der Waals surface area contributed by atoms with Gasteiger partial charge in [-0.15, -0.1) is 11.3 Å². The van der Waals surface area contributed by atoms with E-state index in [1.807, 2.05) is 23.6 Å². The summed E-state index contributed by atoms with van der Waals surface area (Å²) in [6.45, 7) is 4.28. The van der Waals surface area contributed by atoms with Gasteiger partial charge in [-0.2, -0.15) is 0 Å². The van der Waals surface area contributed by atoms with E-state index in [0.717, 1.165) is 5.69 Å². The van der Waals surface area contributed by atoms with Crippen molar-refractivity contribution in [1.82, 2.24) is 4.98 Å². The molecule has 2 heteroatoms. The molecule has 2 heterocycles. The number of pyridine rings is 1. The summed E-state index contributed by atoms with van der Waals surface area (Å²) in [6.07, 6.45) is 1.88. The summed E-state index contributed by atoms with van der Waals surface area (Å²) in [5, 5.41) is 1.34. The van der Waals surface area contributed by atoms with Crippen molar-refractivity contribution < 1.29 is 0 Å². The van der Waals surface area contributed by atoms with E-state index >= 15 is 0 Å². The van der Waals surface area contributed by atoms with Crippen molar-refractivity contribution in [1.29, 1.82) is 0 Å². The van der Waals surface area contributed by atoms with Crippen LogP contribution in [0.25, 0.3) is 20.7 Å². The monoisotopic (exact) mass is 239 g/mol. The van der Waals surface area contributed by atoms with Gasteiger partial charge in [0, 0.05) is 10.9 Å².